The van der Waals surface area contributed by atoms with Crippen LogP contribution < -0.4 is 0 Å². The number of halogens is 4. The largest absolute Gasteiger partial charge is 0.393 e. The van der Waals surface area contributed by atoms with E-state index in [0.29, 0.717) is 49.4 Å². The summed E-state index contributed by atoms with van der Waals surface area (Å²) in [5.74, 6) is 0.693. The molecule has 0 aromatic rings. The quantitative estimate of drug-likeness (QED) is 0.372. The van der Waals surface area contributed by atoms with Crippen molar-refractivity contribution in [1.82, 2.24) is 0 Å². The third-order valence-electron chi connectivity index (χ3n) is 6.74. The molecule has 2 aliphatic carbocycles. The van der Waals surface area contributed by atoms with E-state index < -0.39 is 12.1 Å². The lowest BCUT2D eigenvalue weighted by Gasteiger charge is -2.53. The normalized spacial score (nSPS) is 37.6. The van der Waals surface area contributed by atoms with Crippen molar-refractivity contribution >= 4 is 11.6 Å². The van der Waals surface area contributed by atoms with Crippen LogP contribution >= 0.6 is 11.6 Å². The van der Waals surface area contributed by atoms with E-state index in [1.807, 2.05) is 0 Å². The molecule has 0 radical (unpaired) electrons. The molecule has 2 fully saturated rings. The number of hydrogen-bond donors (Lipinski definition) is 1. The minimum Gasteiger partial charge on any atom is -0.393 e. The van der Waals surface area contributed by atoms with Crippen LogP contribution in [0.1, 0.15) is 78.1 Å². The molecule has 25 heavy (non-hydrogen) atoms. The van der Waals surface area contributed by atoms with Crippen molar-refractivity contribution in [3.05, 3.63) is 0 Å². The number of aliphatic hydroxyl groups excluding tert-OH is 1. The van der Waals surface area contributed by atoms with E-state index >= 15 is 0 Å². The van der Waals surface area contributed by atoms with E-state index in [4.69, 9.17) is 11.6 Å². The van der Waals surface area contributed by atoms with E-state index in [2.05, 4.69) is 13.8 Å². The van der Waals surface area contributed by atoms with Crippen LogP contribution in [0.25, 0.3) is 0 Å². The molecule has 0 bridgehead atoms. The second kappa shape index (κ2) is 9.30. The first-order chi connectivity index (χ1) is 11.8. The van der Waals surface area contributed by atoms with Crippen LogP contribution in [0.5, 0.6) is 0 Å². The topological polar surface area (TPSA) is 20.2 Å². The molecule has 2 rings (SSSR count). The van der Waals surface area contributed by atoms with Crippen LogP contribution in [0.15, 0.2) is 0 Å². The minimum absolute atomic E-state index is 0.172. The van der Waals surface area contributed by atoms with Crippen molar-refractivity contribution in [3.63, 3.8) is 0 Å². The maximum atomic E-state index is 12.9. The number of rotatable bonds is 8. The Labute approximate surface area is 155 Å². The molecular weight excluding hydrogens is 349 g/mol. The van der Waals surface area contributed by atoms with E-state index in [0.717, 1.165) is 38.5 Å². The molecule has 2 aliphatic rings. The monoisotopic (exact) mass is 382 g/mol. The zero-order valence-electron chi connectivity index (χ0n) is 15.6. The fourth-order valence-electron chi connectivity index (χ4n) is 5.26. The molecule has 0 spiro atoms. The molecule has 0 aliphatic heterocycles. The Bertz CT molecular complexity index is 393. The Kier molecular flexibility index (Phi) is 7.94. The lowest BCUT2D eigenvalue weighted by molar-refractivity contribution is -0.186. The third kappa shape index (κ3) is 5.51. The van der Waals surface area contributed by atoms with Crippen molar-refractivity contribution in [2.75, 3.05) is 0 Å². The second-order valence-electron chi connectivity index (χ2n) is 8.43. The smallest absolute Gasteiger partial charge is 0.391 e. The molecule has 5 heteroatoms. The third-order valence-corrected chi connectivity index (χ3v) is 7.46. The van der Waals surface area contributed by atoms with Crippen LogP contribution in [0.2, 0.25) is 0 Å². The van der Waals surface area contributed by atoms with Gasteiger partial charge in [-0.1, -0.05) is 33.1 Å². The fourth-order valence-corrected chi connectivity index (χ4v) is 5.72. The van der Waals surface area contributed by atoms with Gasteiger partial charge in [0.15, 0.2) is 0 Å². The van der Waals surface area contributed by atoms with Gasteiger partial charge in [0.1, 0.15) is 0 Å². The van der Waals surface area contributed by atoms with Gasteiger partial charge in [0, 0.05) is 5.38 Å². The first kappa shape index (κ1) is 21.3. The van der Waals surface area contributed by atoms with Gasteiger partial charge in [0.2, 0.25) is 0 Å². The van der Waals surface area contributed by atoms with Crippen LogP contribution in [0, 0.1) is 29.6 Å². The average Bonchev–Trinajstić information content (AvgIpc) is 2.56. The molecule has 5 atom stereocenters. The average molecular weight is 383 g/mol. The van der Waals surface area contributed by atoms with Crippen molar-refractivity contribution < 1.29 is 18.3 Å². The predicted molar refractivity (Wildman–Crippen MR) is 96.7 cm³/mol. The molecule has 0 aromatic heterocycles. The van der Waals surface area contributed by atoms with Crippen LogP contribution in [0.3, 0.4) is 0 Å². The Hall–Kier alpha value is 0.0400. The first-order valence-electron chi connectivity index (χ1n) is 10.1. The van der Waals surface area contributed by atoms with Gasteiger partial charge >= 0.3 is 6.18 Å². The van der Waals surface area contributed by atoms with Crippen molar-refractivity contribution in [2.24, 2.45) is 29.6 Å². The summed E-state index contributed by atoms with van der Waals surface area (Å²) in [5.41, 5.74) is 0. The second-order valence-corrected chi connectivity index (χ2v) is 8.93. The molecule has 0 heterocycles. The summed E-state index contributed by atoms with van der Waals surface area (Å²) in [5, 5.41) is 9.98. The van der Waals surface area contributed by atoms with Gasteiger partial charge in [-0.3, -0.25) is 0 Å². The Morgan fingerprint density at radius 3 is 2.28 bits per heavy atom. The highest BCUT2D eigenvalue weighted by Crippen LogP contribution is 2.55. The maximum Gasteiger partial charge on any atom is 0.391 e. The van der Waals surface area contributed by atoms with Gasteiger partial charge in [-0.15, -0.1) is 11.6 Å². The molecule has 1 N–H and O–H groups in total. The highest BCUT2D eigenvalue weighted by molar-refractivity contribution is 6.21. The molecule has 0 saturated heterocycles. The molecule has 0 aromatic carbocycles. The van der Waals surface area contributed by atoms with Gasteiger partial charge < -0.3 is 5.11 Å². The number of hydrogen-bond acceptors (Lipinski definition) is 1. The van der Waals surface area contributed by atoms with Gasteiger partial charge in [-0.25, -0.2) is 0 Å². The van der Waals surface area contributed by atoms with Crippen molar-refractivity contribution in [3.8, 4) is 0 Å². The standard InChI is InChI=1S/C20H34ClF3O/c1-3-6-16(25)7-4-5-8-17-18(13(2)19(17)21)14-9-11-15(12-10-14)20(22,23)24/h13-19,25H,3-12H2,1-2H3. The SMILES string of the molecule is CCCC(O)CCCCC1C(Cl)C(C)C1C1CCC(C(F)(F)F)CC1. The number of aliphatic hydroxyl groups is 1. The van der Waals surface area contributed by atoms with E-state index in [9.17, 15) is 18.3 Å². The summed E-state index contributed by atoms with van der Waals surface area (Å²) in [4.78, 5) is 0. The van der Waals surface area contributed by atoms with Crippen molar-refractivity contribution in [2.45, 2.75) is 95.7 Å². The van der Waals surface area contributed by atoms with Gasteiger partial charge in [-0.2, -0.15) is 13.2 Å². The minimum atomic E-state index is -4.02. The molecule has 2 saturated carbocycles. The van der Waals surface area contributed by atoms with E-state index in [-0.39, 0.29) is 11.5 Å². The predicted octanol–water partition coefficient (Wildman–Crippen LogP) is 6.57. The highest BCUT2D eigenvalue weighted by atomic mass is 35.5. The maximum absolute atomic E-state index is 12.9. The lowest BCUT2D eigenvalue weighted by atomic mass is 9.55. The summed E-state index contributed by atoms with van der Waals surface area (Å²) in [7, 11) is 0. The molecular formula is C20H34ClF3O. The Morgan fingerprint density at radius 1 is 1.08 bits per heavy atom. The first-order valence-corrected chi connectivity index (χ1v) is 10.6. The molecule has 5 unspecified atom stereocenters. The zero-order valence-corrected chi connectivity index (χ0v) is 16.3. The lowest BCUT2D eigenvalue weighted by Crippen LogP contribution is -2.51. The molecule has 0 amide bonds. The molecule has 148 valence electrons. The molecule has 1 nitrogen and oxygen atoms in total. The number of alkyl halides is 4. The van der Waals surface area contributed by atoms with E-state index in [1.165, 1.54) is 0 Å². The summed E-state index contributed by atoms with van der Waals surface area (Å²) in [6.07, 6.45) is 3.64. The fraction of sp³-hybridized carbons (Fsp3) is 1.00. The summed E-state index contributed by atoms with van der Waals surface area (Å²) < 4.78 is 38.6. The Morgan fingerprint density at radius 2 is 1.72 bits per heavy atom. The van der Waals surface area contributed by atoms with Gasteiger partial charge in [0.05, 0.1) is 12.0 Å². The van der Waals surface area contributed by atoms with Crippen molar-refractivity contribution in [1.29, 1.82) is 0 Å². The number of unbranched alkanes of at least 4 members (excludes halogenated alkanes) is 1. The van der Waals surface area contributed by atoms with E-state index in [1.54, 1.807) is 0 Å². The highest BCUT2D eigenvalue weighted by Gasteiger charge is 2.51. The van der Waals surface area contributed by atoms with Crippen LogP contribution in [0.4, 0.5) is 13.2 Å². The van der Waals surface area contributed by atoms with Gasteiger partial charge in [-0.05, 0) is 68.6 Å². The van der Waals surface area contributed by atoms with Gasteiger partial charge in [0.25, 0.3) is 0 Å². The summed E-state index contributed by atoms with van der Waals surface area (Å²) >= 11 is 6.54. The van der Waals surface area contributed by atoms with Crippen LogP contribution in [-0.4, -0.2) is 22.8 Å². The zero-order chi connectivity index (χ0) is 18.6. The summed E-state index contributed by atoms with van der Waals surface area (Å²) in [6.45, 7) is 4.24. The Balaban J connectivity index is 1.76. The van der Waals surface area contributed by atoms with Crippen LogP contribution in [-0.2, 0) is 0 Å². The summed E-state index contributed by atoms with van der Waals surface area (Å²) in [6, 6.07) is 0.